The van der Waals surface area contributed by atoms with Crippen LogP contribution >= 0.6 is 24.8 Å². The van der Waals surface area contributed by atoms with Crippen molar-refractivity contribution in [3.05, 3.63) is 0 Å². The summed E-state index contributed by atoms with van der Waals surface area (Å²) in [6.45, 7) is 9.88. The maximum Gasteiger partial charge on any atom is 0.306 e. The van der Waals surface area contributed by atoms with E-state index < -0.39 is 0 Å². The van der Waals surface area contributed by atoms with E-state index in [9.17, 15) is 4.79 Å². The molecule has 228 valence electrons. The molecule has 2 fully saturated rings. The van der Waals surface area contributed by atoms with Gasteiger partial charge in [-0.25, -0.2) is 0 Å². The highest BCUT2D eigenvalue weighted by Crippen LogP contribution is 2.19. The Bertz CT molecular complexity index is 513. The van der Waals surface area contributed by atoms with Gasteiger partial charge in [0.15, 0.2) is 0 Å². The lowest BCUT2D eigenvalue weighted by Crippen LogP contribution is -2.58. The number of fused-ring (bicyclic) bond motifs is 2. The highest BCUT2D eigenvalue weighted by Gasteiger charge is 2.30. The standard InChI is InChI=1S/C31H60N2O3.2ClH/c1-3-5-7-9-12-16-20-28(21-17-13-10-8-6-4-2)36-31(34)22-18-14-11-15-19-23-33-26-29-24-32-25-30(27-33)35-29;;/h28-30,32H,3-27H2,1-2H3;2*1H. The fourth-order valence-electron chi connectivity index (χ4n) is 5.77. The molecule has 2 heterocycles. The molecule has 7 heteroatoms. The average molecular weight is 582 g/mol. The second kappa shape index (κ2) is 25.9. The fourth-order valence-corrected chi connectivity index (χ4v) is 5.77. The Kier molecular flexibility index (Phi) is 25.8. The predicted octanol–water partition coefficient (Wildman–Crippen LogP) is 8.26. The Balaban J connectivity index is 0.00000684. The molecule has 2 atom stereocenters. The topological polar surface area (TPSA) is 50.8 Å². The number of carbonyl (C=O) groups is 1. The molecule has 5 nitrogen and oxygen atoms in total. The molecule has 0 aromatic rings. The molecule has 38 heavy (non-hydrogen) atoms. The van der Waals surface area contributed by atoms with Gasteiger partial charge in [0.2, 0.25) is 0 Å². The molecule has 2 rings (SSSR count). The zero-order valence-corrected chi connectivity index (χ0v) is 26.5. The maximum atomic E-state index is 12.5. The summed E-state index contributed by atoms with van der Waals surface area (Å²) in [5.41, 5.74) is 0. The van der Waals surface area contributed by atoms with Gasteiger partial charge in [0.25, 0.3) is 0 Å². The minimum Gasteiger partial charge on any atom is -0.462 e. The van der Waals surface area contributed by atoms with E-state index in [-0.39, 0.29) is 36.9 Å². The molecule has 0 amide bonds. The lowest BCUT2D eigenvalue weighted by Gasteiger charge is -2.41. The number of nitrogens with one attached hydrogen (secondary N) is 1. The second-order valence-corrected chi connectivity index (χ2v) is 11.5. The van der Waals surface area contributed by atoms with Gasteiger partial charge in [-0.3, -0.25) is 9.69 Å². The van der Waals surface area contributed by atoms with Crippen LogP contribution in [0.15, 0.2) is 0 Å². The number of morpholine rings is 2. The lowest BCUT2D eigenvalue weighted by molar-refractivity contribution is -0.150. The van der Waals surface area contributed by atoms with Crippen molar-refractivity contribution in [2.75, 3.05) is 32.7 Å². The van der Waals surface area contributed by atoms with Gasteiger partial charge in [-0.15, -0.1) is 24.8 Å². The lowest BCUT2D eigenvalue weighted by atomic mass is 10.0. The number of unbranched alkanes of at least 4 members (excludes halogenated alkanes) is 14. The molecular formula is C31H62Cl2N2O3. The van der Waals surface area contributed by atoms with E-state index in [1.165, 1.54) is 103 Å². The van der Waals surface area contributed by atoms with Crippen molar-refractivity contribution in [2.45, 2.75) is 161 Å². The molecule has 2 aliphatic rings. The van der Waals surface area contributed by atoms with Crippen LogP contribution in [0.4, 0.5) is 0 Å². The van der Waals surface area contributed by atoms with Crippen LogP contribution in [0.3, 0.4) is 0 Å². The van der Waals surface area contributed by atoms with Gasteiger partial charge in [0, 0.05) is 32.6 Å². The zero-order valence-electron chi connectivity index (χ0n) is 24.9. The predicted molar refractivity (Wildman–Crippen MR) is 166 cm³/mol. The molecular weight excluding hydrogens is 519 g/mol. The van der Waals surface area contributed by atoms with Crippen LogP contribution in [0.25, 0.3) is 0 Å². The molecule has 2 aliphatic heterocycles. The van der Waals surface area contributed by atoms with Gasteiger partial charge in [0.05, 0.1) is 12.2 Å². The van der Waals surface area contributed by atoms with E-state index in [0.717, 1.165) is 51.9 Å². The van der Waals surface area contributed by atoms with E-state index in [1.54, 1.807) is 0 Å². The third-order valence-electron chi connectivity index (χ3n) is 7.97. The molecule has 0 aliphatic carbocycles. The van der Waals surface area contributed by atoms with Gasteiger partial charge < -0.3 is 14.8 Å². The van der Waals surface area contributed by atoms with Gasteiger partial charge in [0.1, 0.15) is 6.10 Å². The molecule has 2 unspecified atom stereocenters. The Labute approximate surface area is 248 Å². The molecule has 0 saturated carbocycles. The smallest absolute Gasteiger partial charge is 0.306 e. The first-order valence-corrected chi connectivity index (χ1v) is 16.0. The minimum absolute atomic E-state index is 0. The van der Waals surface area contributed by atoms with Crippen molar-refractivity contribution in [3.8, 4) is 0 Å². The Morgan fingerprint density at radius 3 is 1.76 bits per heavy atom. The number of ether oxygens (including phenoxy) is 2. The molecule has 0 aromatic heterocycles. The maximum absolute atomic E-state index is 12.5. The Morgan fingerprint density at radius 2 is 1.21 bits per heavy atom. The first-order chi connectivity index (χ1) is 17.7. The SMILES string of the molecule is CCCCCCCCC(CCCCCCCC)OC(=O)CCCCCCCN1CC2CNCC(C1)O2.Cl.Cl. The number of esters is 1. The van der Waals surface area contributed by atoms with E-state index in [4.69, 9.17) is 9.47 Å². The summed E-state index contributed by atoms with van der Waals surface area (Å²) in [6.07, 6.45) is 25.2. The Hall–Kier alpha value is -0.0700. The number of nitrogens with zero attached hydrogens (tertiary/aromatic N) is 1. The third kappa shape index (κ3) is 19.1. The molecule has 0 radical (unpaired) electrons. The van der Waals surface area contributed by atoms with Crippen molar-refractivity contribution in [1.29, 1.82) is 0 Å². The van der Waals surface area contributed by atoms with Crippen molar-refractivity contribution in [3.63, 3.8) is 0 Å². The van der Waals surface area contributed by atoms with Gasteiger partial charge in [-0.1, -0.05) is 97.3 Å². The number of hydrogen-bond donors (Lipinski definition) is 1. The van der Waals surface area contributed by atoms with Gasteiger partial charge >= 0.3 is 5.97 Å². The minimum atomic E-state index is 0. The third-order valence-corrected chi connectivity index (χ3v) is 7.97. The normalized spacial score (nSPS) is 19.1. The van der Waals surface area contributed by atoms with Crippen LogP contribution in [0, 0.1) is 0 Å². The first kappa shape index (κ1) is 37.9. The quantitative estimate of drug-likeness (QED) is 0.0973. The summed E-state index contributed by atoms with van der Waals surface area (Å²) in [5, 5.41) is 3.47. The fraction of sp³-hybridized carbons (Fsp3) is 0.968. The van der Waals surface area contributed by atoms with E-state index in [1.807, 2.05) is 0 Å². The molecule has 0 spiro atoms. The summed E-state index contributed by atoms with van der Waals surface area (Å²) < 4.78 is 12.0. The zero-order chi connectivity index (χ0) is 25.7. The van der Waals surface area contributed by atoms with Crippen molar-refractivity contribution >= 4 is 30.8 Å². The van der Waals surface area contributed by atoms with Crippen LogP contribution in [-0.4, -0.2) is 61.9 Å². The molecule has 1 N–H and O–H groups in total. The monoisotopic (exact) mass is 580 g/mol. The second-order valence-electron chi connectivity index (χ2n) is 11.5. The molecule has 0 aromatic carbocycles. The molecule has 2 saturated heterocycles. The summed E-state index contributed by atoms with van der Waals surface area (Å²) in [6, 6.07) is 0. The molecule has 2 bridgehead atoms. The van der Waals surface area contributed by atoms with Crippen LogP contribution in [0.1, 0.15) is 142 Å². The van der Waals surface area contributed by atoms with Crippen molar-refractivity contribution in [1.82, 2.24) is 10.2 Å². The number of rotatable bonds is 23. The summed E-state index contributed by atoms with van der Waals surface area (Å²) in [5.74, 6) is 0.0467. The van der Waals surface area contributed by atoms with E-state index in [0.29, 0.717) is 18.6 Å². The van der Waals surface area contributed by atoms with Gasteiger partial charge in [-0.05, 0) is 45.1 Å². The average Bonchev–Trinajstić information content (AvgIpc) is 2.87. The van der Waals surface area contributed by atoms with Crippen molar-refractivity contribution < 1.29 is 14.3 Å². The number of hydrogen-bond acceptors (Lipinski definition) is 5. The van der Waals surface area contributed by atoms with Crippen LogP contribution in [-0.2, 0) is 14.3 Å². The summed E-state index contributed by atoms with van der Waals surface area (Å²) in [4.78, 5) is 15.1. The highest BCUT2D eigenvalue weighted by molar-refractivity contribution is 5.85. The van der Waals surface area contributed by atoms with Crippen LogP contribution < -0.4 is 5.32 Å². The highest BCUT2D eigenvalue weighted by atomic mass is 35.5. The van der Waals surface area contributed by atoms with Crippen LogP contribution in [0.5, 0.6) is 0 Å². The van der Waals surface area contributed by atoms with Gasteiger partial charge in [-0.2, -0.15) is 0 Å². The van der Waals surface area contributed by atoms with Crippen LogP contribution in [0.2, 0.25) is 0 Å². The first-order valence-electron chi connectivity index (χ1n) is 16.0. The Morgan fingerprint density at radius 1 is 0.737 bits per heavy atom. The van der Waals surface area contributed by atoms with Crippen molar-refractivity contribution in [2.24, 2.45) is 0 Å². The number of carbonyl (C=O) groups excluding carboxylic acids is 1. The number of halogens is 2. The summed E-state index contributed by atoms with van der Waals surface area (Å²) in [7, 11) is 0. The van der Waals surface area contributed by atoms with E-state index in [2.05, 4.69) is 24.1 Å². The van der Waals surface area contributed by atoms with E-state index >= 15 is 0 Å². The largest absolute Gasteiger partial charge is 0.462 e. The summed E-state index contributed by atoms with van der Waals surface area (Å²) >= 11 is 0.